The summed E-state index contributed by atoms with van der Waals surface area (Å²) < 4.78 is 6.99. The number of ether oxygens (including phenoxy) is 1. The van der Waals surface area contributed by atoms with E-state index in [-0.39, 0.29) is 29.6 Å². The number of hydrogen-bond donors (Lipinski definition) is 2. The van der Waals surface area contributed by atoms with E-state index in [4.69, 9.17) is 16.3 Å². The zero-order chi connectivity index (χ0) is 27.8. The molecule has 38 heavy (non-hydrogen) atoms. The highest BCUT2D eigenvalue weighted by atomic mass is 35.5. The summed E-state index contributed by atoms with van der Waals surface area (Å²) in [6.07, 6.45) is 0.404. The van der Waals surface area contributed by atoms with Crippen molar-refractivity contribution in [3.63, 3.8) is 0 Å². The lowest BCUT2D eigenvalue weighted by Gasteiger charge is -2.20. The van der Waals surface area contributed by atoms with Crippen LogP contribution in [0.5, 0.6) is 0 Å². The monoisotopic (exact) mass is 557 g/mol. The number of carbonyl (C=O) groups is 3. The van der Waals surface area contributed by atoms with Crippen molar-refractivity contribution in [2.45, 2.75) is 51.4 Å². The van der Waals surface area contributed by atoms with Crippen molar-refractivity contribution in [3.05, 3.63) is 70.5 Å². The number of rotatable bonds is 11. The number of nitrogens with zero attached hydrogens (tertiary/aromatic N) is 3. The fraction of sp³-hybridized carbons (Fsp3) is 0.370. The van der Waals surface area contributed by atoms with Crippen LogP contribution in [0.15, 0.2) is 53.7 Å². The maximum absolute atomic E-state index is 12.9. The van der Waals surface area contributed by atoms with E-state index in [1.54, 1.807) is 74.0 Å². The van der Waals surface area contributed by atoms with Gasteiger partial charge in [-0.05, 0) is 56.5 Å². The molecular weight excluding hydrogens is 526 g/mol. The first-order valence-corrected chi connectivity index (χ1v) is 13.6. The first-order valence-electron chi connectivity index (χ1n) is 12.2. The summed E-state index contributed by atoms with van der Waals surface area (Å²) in [7, 11) is 1.80. The van der Waals surface area contributed by atoms with Gasteiger partial charge in [0.15, 0.2) is 11.0 Å². The van der Waals surface area contributed by atoms with Crippen molar-refractivity contribution in [2.75, 3.05) is 11.1 Å². The summed E-state index contributed by atoms with van der Waals surface area (Å²) >= 11 is 7.42. The van der Waals surface area contributed by atoms with Gasteiger partial charge >= 0.3 is 5.97 Å². The second-order valence-corrected chi connectivity index (χ2v) is 10.8. The van der Waals surface area contributed by atoms with Crippen LogP contribution in [0, 0.1) is 5.92 Å². The molecule has 0 spiro atoms. The minimum atomic E-state index is -0.449. The highest BCUT2D eigenvalue weighted by molar-refractivity contribution is 7.99. The average molecular weight is 558 g/mol. The summed E-state index contributed by atoms with van der Waals surface area (Å²) in [5.41, 5.74) is 1.24. The van der Waals surface area contributed by atoms with Gasteiger partial charge in [-0.25, -0.2) is 4.79 Å². The third kappa shape index (κ3) is 8.06. The molecule has 3 rings (SSSR count). The Bertz CT molecular complexity index is 1290. The van der Waals surface area contributed by atoms with E-state index < -0.39 is 12.0 Å². The van der Waals surface area contributed by atoms with Crippen LogP contribution >= 0.6 is 23.4 Å². The smallest absolute Gasteiger partial charge is 0.338 e. The lowest BCUT2D eigenvalue weighted by atomic mass is 10.0. The number of benzene rings is 2. The summed E-state index contributed by atoms with van der Waals surface area (Å²) in [6, 6.07) is 13.1. The number of halogens is 1. The van der Waals surface area contributed by atoms with Gasteiger partial charge in [-0.2, -0.15) is 0 Å². The number of aromatic nitrogens is 3. The van der Waals surface area contributed by atoms with Crippen LogP contribution in [0.4, 0.5) is 5.69 Å². The van der Waals surface area contributed by atoms with Crippen LogP contribution in [-0.2, 0) is 16.6 Å². The molecule has 0 saturated carbocycles. The predicted molar refractivity (Wildman–Crippen MR) is 148 cm³/mol. The highest BCUT2D eigenvalue weighted by Crippen LogP contribution is 2.25. The van der Waals surface area contributed by atoms with Crippen molar-refractivity contribution in [1.82, 2.24) is 20.1 Å². The predicted octanol–water partition coefficient (Wildman–Crippen LogP) is 5.28. The maximum atomic E-state index is 12.9. The number of carbonyl (C=O) groups excluding carboxylic acids is 3. The molecule has 0 radical (unpaired) electrons. The molecule has 2 N–H and O–H groups in total. The quantitative estimate of drug-likeness (QED) is 0.243. The standard InChI is InChI=1S/C27H32ClN5O4S/c1-16(2)13-22(30-25(35)20-11-6-7-12-21(20)28)24-31-32-27(33(24)5)38-15-23(34)29-19-10-8-9-18(14-19)26(36)37-17(3)4/h6-12,14,16-17,22H,13,15H2,1-5H3,(H,29,34)(H,30,35)/t22-/m1/s1. The Kier molecular flexibility index (Phi) is 10.3. The Morgan fingerprint density at radius 3 is 2.47 bits per heavy atom. The fourth-order valence-electron chi connectivity index (χ4n) is 3.67. The molecular formula is C27H32ClN5O4S. The number of esters is 1. The van der Waals surface area contributed by atoms with E-state index >= 15 is 0 Å². The largest absolute Gasteiger partial charge is 0.459 e. The van der Waals surface area contributed by atoms with Crippen LogP contribution < -0.4 is 10.6 Å². The van der Waals surface area contributed by atoms with Gasteiger partial charge in [-0.15, -0.1) is 10.2 Å². The van der Waals surface area contributed by atoms with E-state index in [1.807, 2.05) is 0 Å². The van der Waals surface area contributed by atoms with Gasteiger partial charge in [-0.1, -0.05) is 55.4 Å². The van der Waals surface area contributed by atoms with Gasteiger partial charge in [0.05, 0.1) is 34.0 Å². The minimum absolute atomic E-state index is 0.0769. The molecule has 1 heterocycles. The summed E-state index contributed by atoms with van der Waals surface area (Å²) in [4.78, 5) is 37.7. The zero-order valence-electron chi connectivity index (χ0n) is 22.0. The second-order valence-electron chi connectivity index (χ2n) is 9.41. The summed E-state index contributed by atoms with van der Waals surface area (Å²) in [5, 5.41) is 15.3. The van der Waals surface area contributed by atoms with E-state index in [2.05, 4.69) is 34.7 Å². The number of hydrogen-bond acceptors (Lipinski definition) is 7. The van der Waals surface area contributed by atoms with Crippen LogP contribution in [0.2, 0.25) is 5.02 Å². The molecule has 0 aliphatic carbocycles. The Morgan fingerprint density at radius 2 is 1.79 bits per heavy atom. The van der Waals surface area contributed by atoms with Gasteiger partial charge in [-0.3, -0.25) is 9.59 Å². The van der Waals surface area contributed by atoms with E-state index in [0.29, 0.717) is 39.2 Å². The molecule has 0 unspecified atom stereocenters. The molecule has 0 aliphatic rings. The van der Waals surface area contributed by atoms with E-state index in [1.165, 1.54) is 11.8 Å². The molecule has 0 fully saturated rings. The van der Waals surface area contributed by atoms with Gasteiger partial charge < -0.3 is 19.9 Å². The highest BCUT2D eigenvalue weighted by Gasteiger charge is 2.24. The number of anilines is 1. The SMILES string of the molecule is CC(C)C[C@@H](NC(=O)c1ccccc1Cl)c1nnc(SCC(=O)Nc2cccc(C(=O)OC(C)C)c2)n1C. The molecule has 11 heteroatoms. The Balaban J connectivity index is 1.66. The minimum Gasteiger partial charge on any atom is -0.459 e. The third-order valence-corrected chi connectivity index (χ3v) is 6.72. The van der Waals surface area contributed by atoms with Gasteiger partial charge in [0.25, 0.3) is 5.91 Å². The van der Waals surface area contributed by atoms with Gasteiger partial charge in [0.1, 0.15) is 0 Å². The molecule has 202 valence electrons. The average Bonchev–Trinajstić information content (AvgIpc) is 3.22. The van der Waals surface area contributed by atoms with Crippen LogP contribution in [-0.4, -0.2) is 44.4 Å². The second kappa shape index (κ2) is 13.4. The molecule has 1 aromatic heterocycles. The molecule has 9 nitrogen and oxygen atoms in total. The maximum Gasteiger partial charge on any atom is 0.338 e. The van der Waals surface area contributed by atoms with Crippen molar-refractivity contribution in [2.24, 2.45) is 13.0 Å². The number of thioether (sulfide) groups is 1. The number of amides is 2. The number of nitrogens with one attached hydrogen (secondary N) is 2. The Hall–Kier alpha value is -3.37. The van der Waals surface area contributed by atoms with Crippen molar-refractivity contribution in [3.8, 4) is 0 Å². The van der Waals surface area contributed by atoms with Crippen molar-refractivity contribution >= 4 is 46.8 Å². The van der Waals surface area contributed by atoms with Crippen LogP contribution in [0.1, 0.15) is 66.7 Å². The molecule has 3 aromatic rings. The molecule has 0 aliphatic heterocycles. The lowest BCUT2D eigenvalue weighted by Crippen LogP contribution is -2.31. The van der Waals surface area contributed by atoms with Gasteiger partial charge in [0.2, 0.25) is 5.91 Å². The van der Waals surface area contributed by atoms with Crippen LogP contribution in [0.25, 0.3) is 0 Å². The molecule has 1 atom stereocenters. The van der Waals surface area contributed by atoms with Crippen LogP contribution in [0.3, 0.4) is 0 Å². The van der Waals surface area contributed by atoms with E-state index in [9.17, 15) is 14.4 Å². The van der Waals surface area contributed by atoms with E-state index in [0.717, 1.165) is 0 Å². The Labute approximate surface area is 231 Å². The molecule has 2 aromatic carbocycles. The topological polar surface area (TPSA) is 115 Å². The first kappa shape index (κ1) is 29.2. The Morgan fingerprint density at radius 1 is 1.05 bits per heavy atom. The first-order chi connectivity index (χ1) is 18.0. The molecule has 2 amide bonds. The summed E-state index contributed by atoms with van der Waals surface area (Å²) in [6.45, 7) is 7.66. The third-order valence-electron chi connectivity index (χ3n) is 5.37. The van der Waals surface area contributed by atoms with Crippen molar-refractivity contribution in [1.29, 1.82) is 0 Å². The lowest BCUT2D eigenvalue weighted by molar-refractivity contribution is -0.113. The molecule has 0 bridgehead atoms. The summed E-state index contributed by atoms with van der Waals surface area (Å²) in [5.74, 6) is -0.0724. The molecule has 0 saturated heterocycles. The normalized spacial score (nSPS) is 11.9. The van der Waals surface area contributed by atoms with Gasteiger partial charge in [0, 0.05) is 12.7 Å². The van der Waals surface area contributed by atoms with Crippen molar-refractivity contribution < 1.29 is 19.1 Å². The zero-order valence-corrected chi connectivity index (χ0v) is 23.6. The fourth-order valence-corrected chi connectivity index (χ4v) is 4.61.